The van der Waals surface area contributed by atoms with E-state index in [4.69, 9.17) is 4.74 Å². The van der Waals surface area contributed by atoms with Gasteiger partial charge >= 0.3 is 5.97 Å². The average Bonchev–Trinajstić information content (AvgIpc) is 3.34. The van der Waals surface area contributed by atoms with Crippen LogP contribution < -0.4 is 0 Å². The predicted molar refractivity (Wildman–Crippen MR) is 109 cm³/mol. The highest BCUT2D eigenvalue weighted by atomic mass is 32.2. The van der Waals surface area contributed by atoms with Crippen LogP contribution in [-0.2, 0) is 26.1 Å². The fraction of sp³-hybridized carbons (Fsp3) is 0.333. The fourth-order valence-electron chi connectivity index (χ4n) is 3.88. The van der Waals surface area contributed by atoms with Gasteiger partial charge in [-0.3, -0.25) is 4.79 Å². The summed E-state index contributed by atoms with van der Waals surface area (Å²) < 4.78 is 34.2. The van der Waals surface area contributed by atoms with Gasteiger partial charge in [0, 0.05) is 13.1 Å². The summed E-state index contributed by atoms with van der Waals surface area (Å²) >= 11 is 0. The predicted octanol–water partition coefficient (Wildman–Crippen LogP) is 2.72. The van der Waals surface area contributed by atoms with Gasteiger partial charge in [-0.25, -0.2) is 13.4 Å². The van der Waals surface area contributed by atoms with Gasteiger partial charge in [0.1, 0.15) is 11.9 Å². The van der Waals surface area contributed by atoms with E-state index in [1.807, 2.05) is 43.3 Å². The Hall–Kier alpha value is -2.71. The summed E-state index contributed by atoms with van der Waals surface area (Å²) in [4.78, 5) is 16.7. The number of carbonyl (C=O) groups excluding carboxylic acids is 1. The van der Waals surface area contributed by atoms with Crippen molar-refractivity contribution in [2.45, 2.75) is 37.2 Å². The van der Waals surface area contributed by atoms with Crippen molar-refractivity contribution >= 4 is 27.0 Å². The topological polar surface area (TPSA) is 81.5 Å². The first-order valence-corrected chi connectivity index (χ1v) is 11.0. The Morgan fingerprint density at radius 1 is 1.17 bits per heavy atom. The number of para-hydroxylation sites is 2. The van der Waals surface area contributed by atoms with E-state index < -0.39 is 22.0 Å². The SMILES string of the molecule is COC(=O)[C@@H]1CCCN1S(=O)(=O)c1ccc(Cn2c(C)nc3ccccc32)cc1. The van der Waals surface area contributed by atoms with Crippen molar-refractivity contribution < 1.29 is 17.9 Å². The standard InChI is InChI=1S/C21H23N3O4S/c1-15-22-18-6-3-4-7-19(18)23(15)14-16-9-11-17(12-10-16)29(26,27)24-13-5-8-20(24)21(25)28-2/h3-4,6-7,9-12,20H,5,8,13-14H2,1-2H3/t20-/m0/s1. The van der Waals surface area contributed by atoms with Crippen LogP contribution in [0.15, 0.2) is 53.4 Å². The van der Waals surface area contributed by atoms with Crippen molar-refractivity contribution in [2.75, 3.05) is 13.7 Å². The molecule has 1 atom stereocenters. The van der Waals surface area contributed by atoms with Gasteiger partial charge in [0.25, 0.3) is 0 Å². The Morgan fingerprint density at radius 3 is 2.62 bits per heavy atom. The van der Waals surface area contributed by atoms with Crippen LogP contribution in [0.3, 0.4) is 0 Å². The highest BCUT2D eigenvalue weighted by Crippen LogP contribution is 2.27. The zero-order valence-electron chi connectivity index (χ0n) is 16.4. The summed E-state index contributed by atoms with van der Waals surface area (Å²) in [5.74, 6) is 0.394. The molecule has 0 unspecified atom stereocenters. The lowest BCUT2D eigenvalue weighted by Crippen LogP contribution is -2.41. The van der Waals surface area contributed by atoms with Gasteiger partial charge in [0.2, 0.25) is 10.0 Å². The van der Waals surface area contributed by atoms with Crippen LogP contribution in [0.4, 0.5) is 0 Å². The smallest absolute Gasteiger partial charge is 0.324 e. The summed E-state index contributed by atoms with van der Waals surface area (Å²) in [6.45, 7) is 2.88. The van der Waals surface area contributed by atoms with Gasteiger partial charge in [0.05, 0.1) is 23.0 Å². The molecule has 1 aromatic heterocycles. The van der Waals surface area contributed by atoms with Crippen molar-refractivity contribution in [3.8, 4) is 0 Å². The Morgan fingerprint density at radius 2 is 1.90 bits per heavy atom. The summed E-state index contributed by atoms with van der Waals surface area (Å²) in [5.41, 5.74) is 2.95. The van der Waals surface area contributed by atoms with Crippen molar-refractivity contribution in [1.82, 2.24) is 13.9 Å². The van der Waals surface area contributed by atoms with E-state index in [2.05, 4.69) is 9.55 Å². The van der Waals surface area contributed by atoms with Crippen molar-refractivity contribution in [3.05, 3.63) is 59.9 Å². The highest BCUT2D eigenvalue weighted by Gasteiger charge is 2.40. The Kier molecular flexibility index (Phi) is 5.14. The molecular formula is C21H23N3O4S. The molecule has 0 bridgehead atoms. The molecule has 7 nitrogen and oxygen atoms in total. The van der Waals surface area contributed by atoms with E-state index >= 15 is 0 Å². The van der Waals surface area contributed by atoms with Crippen molar-refractivity contribution in [1.29, 1.82) is 0 Å². The molecule has 2 heterocycles. The normalized spacial score (nSPS) is 17.7. The maximum absolute atomic E-state index is 13.0. The third-order valence-corrected chi connectivity index (χ3v) is 7.32. The Bertz CT molecular complexity index is 1150. The average molecular weight is 413 g/mol. The maximum Gasteiger partial charge on any atom is 0.324 e. The number of sulfonamides is 1. The number of nitrogens with zero attached hydrogens (tertiary/aromatic N) is 3. The molecule has 4 rings (SSSR count). The molecule has 1 fully saturated rings. The minimum absolute atomic E-state index is 0.185. The second-order valence-corrected chi connectivity index (χ2v) is 9.07. The number of aromatic nitrogens is 2. The fourth-order valence-corrected chi connectivity index (χ4v) is 5.53. The lowest BCUT2D eigenvalue weighted by atomic mass is 10.2. The summed E-state index contributed by atoms with van der Waals surface area (Å²) in [7, 11) is -2.47. The molecule has 0 radical (unpaired) electrons. The largest absolute Gasteiger partial charge is 0.468 e. The molecular weight excluding hydrogens is 390 g/mol. The van der Waals surface area contributed by atoms with Crippen LogP contribution in [0.2, 0.25) is 0 Å². The highest BCUT2D eigenvalue weighted by molar-refractivity contribution is 7.89. The first-order chi connectivity index (χ1) is 13.9. The van der Waals surface area contributed by atoms with Gasteiger partial charge < -0.3 is 9.30 Å². The zero-order valence-corrected chi connectivity index (χ0v) is 17.2. The van der Waals surface area contributed by atoms with Crippen LogP contribution >= 0.6 is 0 Å². The Labute approximate surface area is 170 Å². The van der Waals surface area contributed by atoms with E-state index in [-0.39, 0.29) is 4.90 Å². The zero-order chi connectivity index (χ0) is 20.6. The molecule has 0 saturated carbocycles. The minimum atomic E-state index is -3.75. The molecule has 0 spiro atoms. The molecule has 0 amide bonds. The lowest BCUT2D eigenvalue weighted by Gasteiger charge is -2.22. The number of aryl methyl sites for hydroxylation is 1. The van der Waals surface area contributed by atoms with E-state index in [0.717, 1.165) is 22.4 Å². The second kappa shape index (κ2) is 7.61. The number of esters is 1. The van der Waals surface area contributed by atoms with Gasteiger partial charge in [-0.2, -0.15) is 4.31 Å². The van der Waals surface area contributed by atoms with E-state index in [0.29, 0.717) is 25.9 Å². The van der Waals surface area contributed by atoms with E-state index in [1.54, 1.807) is 12.1 Å². The number of hydrogen-bond acceptors (Lipinski definition) is 5. The number of hydrogen-bond donors (Lipinski definition) is 0. The molecule has 152 valence electrons. The summed E-state index contributed by atoms with van der Waals surface area (Å²) in [6, 6.07) is 14.0. The van der Waals surface area contributed by atoms with Crippen LogP contribution in [0.1, 0.15) is 24.2 Å². The van der Waals surface area contributed by atoms with Crippen LogP contribution in [0, 0.1) is 6.92 Å². The van der Waals surface area contributed by atoms with E-state index in [1.165, 1.54) is 11.4 Å². The van der Waals surface area contributed by atoms with Gasteiger partial charge in [-0.1, -0.05) is 24.3 Å². The number of benzene rings is 2. The molecule has 0 aliphatic carbocycles. The molecule has 2 aromatic carbocycles. The van der Waals surface area contributed by atoms with Crippen LogP contribution in [-0.4, -0.2) is 47.9 Å². The quantitative estimate of drug-likeness (QED) is 0.601. The lowest BCUT2D eigenvalue weighted by molar-refractivity contribution is -0.144. The van der Waals surface area contributed by atoms with Gasteiger partial charge in [-0.15, -0.1) is 0 Å². The molecule has 3 aromatic rings. The Balaban J connectivity index is 1.59. The first-order valence-electron chi connectivity index (χ1n) is 9.52. The first kappa shape index (κ1) is 19.6. The van der Waals surface area contributed by atoms with Gasteiger partial charge in [0.15, 0.2) is 0 Å². The number of ether oxygens (including phenoxy) is 1. The number of methoxy groups -OCH3 is 1. The number of rotatable bonds is 5. The molecule has 29 heavy (non-hydrogen) atoms. The summed E-state index contributed by atoms with van der Waals surface area (Å²) in [6.07, 6.45) is 1.13. The second-order valence-electron chi connectivity index (χ2n) is 7.17. The van der Waals surface area contributed by atoms with Crippen molar-refractivity contribution in [2.24, 2.45) is 0 Å². The number of fused-ring (bicyclic) bond motifs is 1. The van der Waals surface area contributed by atoms with Crippen molar-refractivity contribution in [3.63, 3.8) is 0 Å². The minimum Gasteiger partial charge on any atom is -0.468 e. The molecule has 1 aliphatic heterocycles. The third kappa shape index (κ3) is 3.54. The number of carbonyl (C=O) groups is 1. The molecule has 8 heteroatoms. The molecule has 1 aliphatic rings. The molecule has 0 N–H and O–H groups in total. The van der Waals surface area contributed by atoms with E-state index in [9.17, 15) is 13.2 Å². The maximum atomic E-state index is 13.0. The van der Waals surface area contributed by atoms with Crippen LogP contribution in [0.5, 0.6) is 0 Å². The number of imidazole rings is 1. The van der Waals surface area contributed by atoms with Crippen LogP contribution in [0.25, 0.3) is 11.0 Å². The monoisotopic (exact) mass is 413 g/mol. The third-order valence-electron chi connectivity index (χ3n) is 5.39. The van der Waals surface area contributed by atoms with Gasteiger partial charge in [-0.05, 0) is 49.6 Å². The molecule has 1 saturated heterocycles. The summed E-state index contributed by atoms with van der Waals surface area (Å²) in [5, 5.41) is 0.